The van der Waals surface area contributed by atoms with Crippen LogP contribution in [0.1, 0.15) is 17.2 Å². The first kappa shape index (κ1) is 20.3. The van der Waals surface area contributed by atoms with E-state index in [1.807, 2.05) is 0 Å². The Hall–Kier alpha value is -3.01. The maximum atomic E-state index is 13.2. The SMILES string of the molecule is N#CC(NNS(=O)(=O)c1ccc([N+](=O)[O-])cc1C(F)(F)F)c1ccccc1. The number of nitriles is 1. The van der Waals surface area contributed by atoms with Gasteiger partial charge in [-0.2, -0.15) is 18.4 Å². The van der Waals surface area contributed by atoms with Crippen LogP contribution in [-0.4, -0.2) is 13.3 Å². The smallest absolute Gasteiger partial charge is 0.258 e. The highest BCUT2D eigenvalue weighted by atomic mass is 32.2. The van der Waals surface area contributed by atoms with Crippen molar-refractivity contribution in [2.75, 3.05) is 0 Å². The van der Waals surface area contributed by atoms with E-state index in [1.165, 1.54) is 12.1 Å². The van der Waals surface area contributed by atoms with Crippen LogP contribution in [0.15, 0.2) is 53.4 Å². The predicted molar refractivity (Wildman–Crippen MR) is 86.4 cm³/mol. The monoisotopic (exact) mass is 400 g/mol. The van der Waals surface area contributed by atoms with Gasteiger partial charge in [0.05, 0.1) is 21.5 Å². The molecule has 0 aliphatic heterocycles. The molecule has 27 heavy (non-hydrogen) atoms. The number of non-ortho nitro benzene ring substituents is 1. The third-order valence-electron chi connectivity index (χ3n) is 3.37. The number of nitro groups is 1. The Kier molecular flexibility index (Phi) is 5.79. The molecule has 0 saturated heterocycles. The van der Waals surface area contributed by atoms with Crippen molar-refractivity contribution in [3.05, 3.63) is 69.8 Å². The number of hydrogen-bond acceptors (Lipinski definition) is 6. The first-order valence-electron chi connectivity index (χ1n) is 7.14. The minimum absolute atomic E-state index is 0.132. The number of halogens is 3. The first-order valence-corrected chi connectivity index (χ1v) is 8.62. The summed E-state index contributed by atoms with van der Waals surface area (Å²) in [7, 11) is -4.78. The van der Waals surface area contributed by atoms with Crippen LogP contribution in [0.3, 0.4) is 0 Å². The second-order valence-corrected chi connectivity index (χ2v) is 6.81. The summed E-state index contributed by atoms with van der Waals surface area (Å²) in [6.45, 7) is 0. The molecule has 0 amide bonds. The molecule has 2 rings (SSSR count). The van der Waals surface area contributed by atoms with Crippen LogP contribution in [0.25, 0.3) is 0 Å². The van der Waals surface area contributed by atoms with Crippen molar-refractivity contribution in [1.82, 2.24) is 10.3 Å². The van der Waals surface area contributed by atoms with E-state index in [1.54, 1.807) is 29.1 Å². The summed E-state index contributed by atoms with van der Waals surface area (Å²) in [5.41, 5.74) is -0.0866. The van der Waals surface area contributed by atoms with Crippen LogP contribution in [-0.2, 0) is 16.2 Å². The van der Waals surface area contributed by atoms with Crippen LogP contribution in [0.2, 0.25) is 0 Å². The molecule has 8 nitrogen and oxygen atoms in total. The topological polar surface area (TPSA) is 125 Å². The number of nitrogens with one attached hydrogen (secondary N) is 2. The fourth-order valence-electron chi connectivity index (χ4n) is 2.11. The van der Waals surface area contributed by atoms with Gasteiger partial charge in [0.15, 0.2) is 0 Å². The molecule has 0 aliphatic rings. The molecule has 0 aliphatic carbocycles. The van der Waals surface area contributed by atoms with Crippen LogP contribution in [0.5, 0.6) is 0 Å². The molecule has 1 atom stereocenters. The number of rotatable bonds is 6. The normalized spacial score (nSPS) is 13.0. The minimum Gasteiger partial charge on any atom is -0.258 e. The number of benzene rings is 2. The Labute approximate surface area is 151 Å². The summed E-state index contributed by atoms with van der Waals surface area (Å²) in [6, 6.07) is 9.72. The van der Waals surface area contributed by atoms with E-state index in [2.05, 4.69) is 5.43 Å². The van der Waals surface area contributed by atoms with Gasteiger partial charge in [-0.1, -0.05) is 30.3 Å². The lowest BCUT2D eigenvalue weighted by Crippen LogP contribution is -2.40. The Morgan fingerprint density at radius 2 is 1.78 bits per heavy atom. The van der Waals surface area contributed by atoms with Crippen LogP contribution >= 0.6 is 0 Å². The lowest BCUT2D eigenvalue weighted by molar-refractivity contribution is -0.385. The summed E-state index contributed by atoms with van der Waals surface area (Å²) in [5, 5.41) is 19.8. The third-order valence-corrected chi connectivity index (χ3v) is 4.69. The Bertz CT molecular complexity index is 988. The van der Waals surface area contributed by atoms with E-state index < -0.39 is 43.3 Å². The number of nitrogens with zero attached hydrogens (tertiary/aromatic N) is 2. The highest BCUT2D eigenvalue weighted by molar-refractivity contribution is 7.89. The van der Waals surface area contributed by atoms with Gasteiger partial charge < -0.3 is 0 Å². The van der Waals surface area contributed by atoms with E-state index in [0.717, 1.165) is 0 Å². The summed E-state index contributed by atoms with van der Waals surface area (Å²) in [6.07, 6.45) is -5.15. The van der Waals surface area contributed by atoms with Crippen molar-refractivity contribution >= 4 is 15.7 Å². The molecule has 0 saturated carbocycles. The average molecular weight is 400 g/mol. The Balaban J connectivity index is 2.36. The van der Waals surface area contributed by atoms with Gasteiger partial charge in [-0.05, 0) is 11.6 Å². The van der Waals surface area contributed by atoms with Gasteiger partial charge in [0, 0.05) is 12.1 Å². The summed E-state index contributed by atoms with van der Waals surface area (Å²) in [4.78, 5) is 10.1. The second kappa shape index (κ2) is 7.70. The molecule has 0 aromatic heterocycles. The maximum absolute atomic E-state index is 13.2. The van der Waals surface area contributed by atoms with Crippen molar-refractivity contribution in [1.29, 1.82) is 5.26 Å². The lowest BCUT2D eigenvalue weighted by Gasteiger charge is -2.16. The average Bonchev–Trinajstić information content (AvgIpc) is 2.61. The molecule has 2 aromatic carbocycles. The fraction of sp³-hybridized carbons (Fsp3) is 0.133. The Morgan fingerprint density at radius 1 is 1.15 bits per heavy atom. The summed E-state index contributed by atoms with van der Waals surface area (Å²) < 4.78 is 64.1. The van der Waals surface area contributed by atoms with Gasteiger partial charge in [-0.15, -0.1) is 4.83 Å². The highest BCUT2D eigenvalue weighted by Gasteiger charge is 2.39. The maximum Gasteiger partial charge on any atom is 0.417 e. The number of hydrazine groups is 1. The molecule has 142 valence electrons. The minimum atomic E-state index is -5.15. The molecule has 0 spiro atoms. The molecular weight excluding hydrogens is 389 g/mol. The van der Waals surface area contributed by atoms with Gasteiger partial charge >= 0.3 is 6.18 Å². The van der Waals surface area contributed by atoms with Crippen molar-refractivity contribution in [2.24, 2.45) is 0 Å². The van der Waals surface area contributed by atoms with Gasteiger partial charge in [0.1, 0.15) is 6.04 Å². The largest absolute Gasteiger partial charge is 0.417 e. The van der Waals surface area contributed by atoms with Gasteiger partial charge in [-0.3, -0.25) is 10.1 Å². The van der Waals surface area contributed by atoms with E-state index in [0.29, 0.717) is 17.7 Å². The number of sulfonamides is 1. The highest BCUT2D eigenvalue weighted by Crippen LogP contribution is 2.36. The van der Waals surface area contributed by atoms with Crippen molar-refractivity contribution in [2.45, 2.75) is 17.1 Å². The molecule has 0 radical (unpaired) electrons. The van der Waals surface area contributed by atoms with E-state index in [-0.39, 0.29) is 6.07 Å². The van der Waals surface area contributed by atoms with Crippen LogP contribution in [0.4, 0.5) is 18.9 Å². The second-order valence-electron chi connectivity index (χ2n) is 5.16. The zero-order valence-corrected chi connectivity index (χ0v) is 14.1. The van der Waals surface area contributed by atoms with E-state index >= 15 is 0 Å². The predicted octanol–water partition coefficient (Wildman–Crippen LogP) is 2.66. The molecule has 2 N–H and O–H groups in total. The zero-order chi connectivity index (χ0) is 20.2. The van der Waals surface area contributed by atoms with Gasteiger partial charge in [0.25, 0.3) is 15.7 Å². The number of hydrogen-bond donors (Lipinski definition) is 2. The zero-order valence-electron chi connectivity index (χ0n) is 13.3. The van der Waals surface area contributed by atoms with E-state index in [4.69, 9.17) is 5.26 Å². The van der Waals surface area contributed by atoms with Gasteiger partial charge in [0.2, 0.25) is 0 Å². The third kappa shape index (κ3) is 4.79. The van der Waals surface area contributed by atoms with Crippen molar-refractivity contribution < 1.29 is 26.5 Å². The summed E-state index contributed by atoms with van der Waals surface area (Å²) in [5.74, 6) is 0. The van der Waals surface area contributed by atoms with Crippen LogP contribution in [0, 0.1) is 21.4 Å². The molecule has 0 fully saturated rings. The first-order chi connectivity index (χ1) is 12.6. The molecule has 0 heterocycles. The number of alkyl halides is 3. The molecule has 2 aromatic rings. The molecule has 1 unspecified atom stereocenters. The molecule has 12 heteroatoms. The lowest BCUT2D eigenvalue weighted by atomic mass is 10.1. The van der Waals surface area contributed by atoms with Crippen molar-refractivity contribution in [3.63, 3.8) is 0 Å². The molecule has 0 bridgehead atoms. The summed E-state index contributed by atoms with van der Waals surface area (Å²) >= 11 is 0. The quantitative estimate of drug-likeness (QED) is 0.567. The molecular formula is C15H11F3N4O4S. The Morgan fingerprint density at radius 3 is 2.30 bits per heavy atom. The standard InChI is InChI=1S/C15H11F3N4O4S/c16-15(17,18)12-8-11(22(23)24)6-7-14(12)27(25,26)21-20-13(9-19)10-4-2-1-3-5-10/h1-8,13,20-21H. The fourth-order valence-corrected chi connectivity index (χ4v) is 3.21. The van der Waals surface area contributed by atoms with Gasteiger partial charge in [-0.25, -0.2) is 13.8 Å². The van der Waals surface area contributed by atoms with E-state index in [9.17, 15) is 31.7 Å². The number of nitro benzene ring substituents is 1. The van der Waals surface area contributed by atoms with Crippen molar-refractivity contribution in [3.8, 4) is 6.07 Å². The van der Waals surface area contributed by atoms with Crippen LogP contribution < -0.4 is 10.3 Å².